The summed E-state index contributed by atoms with van der Waals surface area (Å²) in [7, 11) is 0. The maximum Gasteiger partial charge on any atom is 0.229 e. The Kier molecular flexibility index (Phi) is 6.40. The molecule has 1 saturated heterocycles. The SMILES string of the molecule is Cc1c(O)cc2c(c1O)C(=O)[C@@H](O)[C@@H](c1cc(O)c(O)c(O[C@@H]3O[C@H](CO)[C@@H](O)[C@H](O)[C@H]3O)c1)O2. The summed E-state index contributed by atoms with van der Waals surface area (Å²) >= 11 is 0. The first-order valence-electron chi connectivity index (χ1n) is 10.4. The molecule has 0 amide bonds. The molecule has 0 spiro atoms. The van der Waals surface area contributed by atoms with Crippen LogP contribution >= 0.6 is 0 Å². The number of aromatic hydroxyl groups is 4. The molecule has 13 heteroatoms. The smallest absolute Gasteiger partial charge is 0.229 e. The van der Waals surface area contributed by atoms with Crippen LogP contribution in [-0.4, -0.2) is 95.2 Å². The van der Waals surface area contributed by atoms with E-state index < -0.39 is 78.3 Å². The van der Waals surface area contributed by atoms with Crippen LogP contribution in [0.3, 0.4) is 0 Å². The van der Waals surface area contributed by atoms with Crippen molar-refractivity contribution >= 4 is 5.78 Å². The van der Waals surface area contributed by atoms with Crippen molar-refractivity contribution in [2.24, 2.45) is 0 Å². The summed E-state index contributed by atoms with van der Waals surface area (Å²) in [6, 6.07) is 3.10. The summed E-state index contributed by atoms with van der Waals surface area (Å²) in [5, 5.41) is 90.6. The Morgan fingerprint density at radius 2 is 1.60 bits per heavy atom. The first-order valence-corrected chi connectivity index (χ1v) is 10.4. The standard InChI is InChI=1S/C22H24O13/c1-6-8(24)4-10-13(14(6)26)17(29)19(31)21(33-10)7-2-9(25)15(27)11(3-7)34-22-20(32)18(30)16(28)12(5-23)35-22/h2-4,12,16,18-28,30-32H,5H2,1H3/t12-,16-,18+,19-,20-,21-,22-/m1/s1. The fourth-order valence-corrected chi connectivity index (χ4v) is 3.96. The summed E-state index contributed by atoms with van der Waals surface area (Å²) < 4.78 is 16.2. The molecule has 0 bridgehead atoms. The van der Waals surface area contributed by atoms with Gasteiger partial charge in [-0.25, -0.2) is 0 Å². The average molecular weight is 496 g/mol. The van der Waals surface area contributed by atoms with E-state index in [9.17, 15) is 50.8 Å². The Bertz CT molecular complexity index is 1150. The van der Waals surface area contributed by atoms with Crippen molar-refractivity contribution in [3.63, 3.8) is 0 Å². The normalized spacial score (nSPS) is 30.5. The van der Waals surface area contributed by atoms with Crippen LogP contribution in [0.5, 0.6) is 34.5 Å². The van der Waals surface area contributed by atoms with Gasteiger partial charge in [0.1, 0.15) is 47.2 Å². The molecular formula is C22H24O13. The number of phenolic OH excluding ortho intramolecular Hbond substituents is 4. The molecule has 0 saturated carbocycles. The van der Waals surface area contributed by atoms with Crippen molar-refractivity contribution in [1.82, 2.24) is 0 Å². The lowest BCUT2D eigenvalue weighted by atomic mass is 9.91. The molecule has 2 aliphatic rings. The predicted octanol–water partition coefficient (Wildman–Crippen LogP) is -1.33. The molecule has 0 aliphatic carbocycles. The Hall–Kier alpha value is -3.33. The summed E-state index contributed by atoms with van der Waals surface area (Å²) in [5.41, 5.74) is -0.431. The summed E-state index contributed by atoms with van der Waals surface area (Å²) in [6.07, 6.45) is -11.6. The number of ether oxygens (including phenoxy) is 3. The van der Waals surface area contributed by atoms with E-state index in [-0.39, 0.29) is 28.2 Å². The number of aliphatic hydroxyl groups excluding tert-OH is 5. The van der Waals surface area contributed by atoms with Gasteiger partial charge in [-0.2, -0.15) is 0 Å². The van der Waals surface area contributed by atoms with Gasteiger partial charge in [0.05, 0.1) is 6.61 Å². The predicted molar refractivity (Wildman–Crippen MR) is 112 cm³/mol. The van der Waals surface area contributed by atoms with Crippen molar-refractivity contribution < 1.29 is 65.0 Å². The zero-order valence-corrected chi connectivity index (χ0v) is 18.1. The van der Waals surface area contributed by atoms with Crippen molar-refractivity contribution in [1.29, 1.82) is 0 Å². The monoisotopic (exact) mass is 496 g/mol. The number of Topliss-reactive ketones (excluding diaryl/α,β-unsaturated/α-hetero) is 1. The van der Waals surface area contributed by atoms with Gasteiger partial charge in [0.25, 0.3) is 0 Å². The summed E-state index contributed by atoms with van der Waals surface area (Å²) in [6.45, 7) is 0.627. The molecule has 0 radical (unpaired) electrons. The highest BCUT2D eigenvalue weighted by atomic mass is 16.7. The number of aliphatic hydroxyl groups is 5. The molecule has 2 aliphatic heterocycles. The van der Waals surface area contributed by atoms with Gasteiger partial charge in [-0.15, -0.1) is 0 Å². The zero-order valence-electron chi connectivity index (χ0n) is 18.1. The van der Waals surface area contributed by atoms with E-state index in [1.165, 1.54) is 6.92 Å². The van der Waals surface area contributed by atoms with Crippen LogP contribution in [0.2, 0.25) is 0 Å². The molecule has 2 heterocycles. The number of benzene rings is 2. The van der Waals surface area contributed by atoms with Crippen LogP contribution in [0.15, 0.2) is 18.2 Å². The zero-order chi connectivity index (χ0) is 25.8. The topological polar surface area (TPSA) is 227 Å². The van der Waals surface area contributed by atoms with Crippen LogP contribution in [0.4, 0.5) is 0 Å². The van der Waals surface area contributed by atoms with E-state index in [1.807, 2.05) is 0 Å². The van der Waals surface area contributed by atoms with Crippen molar-refractivity contribution in [3.8, 4) is 34.5 Å². The van der Waals surface area contributed by atoms with Crippen LogP contribution in [-0.2, 0) is 4.74 Å². The molecular weight excluding hydrogens is 472 g/mol. The number of fused-ring (bicyclic) bond motifs is 1. The average Bonchev–Trinajstić information content (AvgIpc) is 2.82. The van der Waals surface area contributed by atoms with Crippen LogP contribution < -0.4 is 9.47 Å². The number of carbonyl (C=O) groups excluding carboxylic acids is 1. The van der Waals surface area contributed by atoms with E-state index in [0.29, 0.717) is 0 Å². The maximum atomic E-state index is 12.8. The van der Waals surface area contributed by atoms with Crippen LogP contribution in [0.25, 0.3) is 0 Å². The highest BCUT2D eigenvalue weighted by Crippen LogP contribution is 2.46. The largest absolute Gasteiger partial charge is 0.507 e. The van der Waals surface area contributed by atoms with Gasteiger partial charge in [-0.1, -0.05) is 0 Å². The van der Waals surface area contributed by atoms with Crippen molar-refractivity contribution in [2.45, 2.75) is 49.8 Å². The second-order valence-corrected chi connectivity index (χ2v) is 8.29. The molecule has 190 valence electrons. The molecule has 1 fully saturated rings. The van der Waals surface area contributed by atoms with Crippen molar-refractivity contribution in [3.05, 3.63) is 34.9 Å². The fourth-order valence-electron chi connectivity index (χ4n) is 3.96. The Morgan fingerprint density at radius 1 is 0.914 bits per heavy atom. The lowest BCUT2D eigenvalue weighted by molar-refractivity contribution is -0.277. The van der Waals surface area contributed by atoms with Gasteiger partial charge in [0.15, 0.2) is 23.7 Å². The van der Waals surface area contributed by atoms with Gasteiger partial charge in [-0.3, -0.25) is 4.79 Å². The van der Waals surface area contributed by atoms with Gasteiger partial charge in [0.2, 0.25) is 17.8 Å². The number of phenols is 4. The van der Waals surface area contributed by atoms with Gasteiger partial charge in [0, 0.05) is 17.2 Å². The van der Waals surface area contributed by atoms with E-state index in [1.54, 1.807) is 0 Å². The van der Waals surface area contributed by atoms with E-state index in [0.717, 1.165) is 18.2 Å². The molecule has 35 heavy (non-hydrogen) atoms. The van der Waals surface area contributed by atoms with Crippen molar-refractivity contribution in [2.75, 3.05) is 6.61 Å². The Balaban J connectivity index is 1.69. The molecule has 0 aromatic heterocycles. The summed E-state index contributed by atoms with van der Waals surface area (Å²) in [4.78, 5) is 12.8. The van der Waals surface area contributed by atoms with E-state index in [4.69, 9.17) is 14.2 Å². The van der Waals surface area contributed by atoms with Crippen LogP contribution in [0.1, 0.15) is 27.6 Å². The van der Waals surface area contributed by atoms with Crippen LogP contribution in [0, 0.1) is 6.92 Å². The van der Waals surface area contributed by atoms with Gasteiger partial charge < -0.3 is 60.2 Å². The molecule has 7 atom stereocenters. The lowest BCUT2D eigenvalue weighted by Crippen LogP contribution is -2.60. The molecule has 13 nitrogen and oxygen atoms in total. The van der Waals surface area contributed by atoms with E-state index in [2.05, 4.69) is 0 Å². The quantitative estimate of drug-likeness (QED) is 0.224. The number of carbonyl (C=O) groups is 1. The minimum absolute atomic E-state index is 0.00356. The highest BCUT2D eigenvalue weighted by Gasteiger charge is 2.45. The third-order valence-electron chi connectivity index (χ3n) is 6.04. The minimum Gasteiger partial charge on any atom is -0.507 e. The fraction of sp³-hybridized carbons (Fsp3) is 0.409. The van der Waals surface area contributed by atoms with Gasteiger partial charge >= 0.3 is 0 Å². The number of hydrogen-bond acceptors (Lipinski definition) is 13. The molecule has 0 unspecified atom stereocenters. The first kappa shape index (κ1) is 24.8. The molecule has 2 aromatic carbocycles. The van der Waals surface area contributed by atoms with Gasteiger partial charge in [-0.05, 0) is 19.1 Å². The third kappa shape index (κ3) is 4.07. The van der Waals surface area contributed by atoms with E-state index >= 15 is 0 Å². The number of ketones is 1. The third-order valence-corrected chi connectivity index (χ3v) is 6.04. The molecule has 2 aromatic rings. The first-order chi connectivity index (χ1) is 16.5. The maximum absolute atomic E-state index is 12.8. The Morgan fingerprint density at radius 3 is 2.26 bits per heavy atom. The number of hydrogen-bond donors (Lipinski definition) is 9. The lowest BCUT2D eigenvalue weighted by Gasteiger charge is -2.39. The number of rotatable bonds is 4. The molecule has 4 rings (SSSR count). The second-order valence-electron chi connectivity index (χ2n) is 8.29. The second kappa shape index (κ2) is 9.03. The highest BCUT2D eigenvalue weighted by molar-refractivity contribution is 6.06. The minimum atomic E-state index is -1.87. The Labute approximate surface area is 197 Å². The molecule has 9 N–H and O–H groups in total. The summed E-state index contributed by atoms with van der Waals surface area (Å²) in [5.74, 6) is -4.23.